The lowest BCUT2D eigenvalue weighted by Crippen LogP contribution is -2.23. The molecule has 2 aromatic rings. The van der Waals surface area contributed by atoms with Gasteiger partial charge in [-0.15, -0.1) is 0 Å². The van der Waals surface area contributed by atoms with Crippen molar-refractivity contribution in [3.05, 3.63) is 45.2 Å². The molecule has 1 fully saturated rings. The molecule has 1 saturated carbocycles. The van der Waals surface area contributed by atoms with Gasteiger partial charge in [-0.1, -0.05) is 0 Å². The molecule has 3 rings (SSSR count). The first-order valence-electron chi connectivity index (χ1n) is 9.15. The maximum Gasteiger partial charge on any atom is 0.343 e. The van der Waals surface area contributed by atoms with Crippen LogP contribution in [0.15, 0.2) is 17.1 Å². The minimum Gasteiger partial charge on any atom is -0.465 e. The van der Waals surface area contributed by atoms with Crippen LogP contribution >= 0.6 is 0 Å². The predicted octanol–water partition coefficient (Wildman–Crippen LogP) is 2.96. The van der Waals surface area contributed by atoms with Crippen molar-refractivity contribution in [1.82, 2.24) is 4.57 Å². The fourth-order valence-electron chi connectivity index (χ4n) is 3.18. The summed E-state index contributed by atoms with van der Waals surface area (Å²) in [6, 6.07) is 2.12. The van der Waals surface area contributed by atoms with Crippen molar-refractivity contribution in [2.45, 2.75) is 38.6 Å². The Hall–Kier alpha value is -3.28. The molecule has 29 heavy (non-hydrogen) atoms. The van der Waals surface area contributed by atoms with Crippen molar-refractivity contribution in [2.24, 2.45) is 0 Å². The highest BCUT2D eigenvalue weighted by molar-refractivity contribution is 5.94. The van der Waals surface area contributed by atoms with E-state index >= 15 is 4.39 Å². The Morgan fingerprint density at radius 2 is 1.93 bits per heavy atom. The lowest BCUT2D eigenvalue weighted by molar-refractivity contribution is -0.143. The molecule has 0 aliphatic heterocycles. The SMILES string of the molecule is CCOC(=O)c1cn(C2CC2)c2c(F)c(C(C#N)C(=O)OCC)c(F)cc2c1=O. The van der Waals surface area contributed by atoms with Gasteiger partial charge in [0.2, 0.25) is 5.43 Å². The standard InChI is InChI=1S/C20H18F2N2O5/c1-3-28-19(26)12(8-23)15-14(21)7-11-17(16(15)22)24(10-5-6-10)9-13(18(11)25)20(27)29-4-2/h7,9-10,12H,3-6H2,1-2H3. The molecule has 1 heterocycles. The summed E-state index contributed by atoms with van der Waals surface area (Å²) in [5.74, 6) is -6.24. The maximum absolute atomic E-state index is 15.4. The summed E-state index contributed by atoms with van der Waals surface area (Å²) >= 11 is 0. The number of carbonyl (C=O) groups is 2. The van der Waals surface area contributed by atoms with Gasteiger partial charge in [-0.25, -0.2) is 13.6 Å². The van der Waals surface area contributed by atoms with E-state index in [0.717, 1.165) is 6.07 Å². The van der Waals surface area contributed by atoms with E-state index in [-0.39, 0.29) is 35.7 Å². The molecule has 1 aromatic carbocycles. The molecular formula is C20H18F2N2O5. The molecular weight excluding hydrogens is 386 g/mol. The van der Waals surface area contributed by atoms with Crippen LogP contribution in [-0.2, 0) is 14.3 Å². The van der Waals surface area contributed by atoms with Crippen LogP contribution in [-0.4, -0.2) is 29.7 Å². The van der Waals surface area contributed by atoms with Crippen LogP contribution < -0.4 is 5.43 Å². The van der Waals surface area contributed by atoms with E-state index in [1.165, 1.54) is 17.7 Å². The van der Waals surface area contributed by atoms with Crippen LogP contribution in [0.3, 0.4) is 0 Å². The average Bonchev–Trinajstić information content (AvgIpc) is 3.51. The van der Waals surface area contributed by atoms with Crippen LogP contribution in [0.5, 0.6) is 0 Å². The molecule has 1 aromatic heterocycles. The van der Waals surface area contributed by atoms with E-state index in [0.29, 0.717) is 12.8 Å². The van der Waals surface area contributed by atoms with Gasteiger partial charge >= 0.3 is 11.9 Å². The number of nitriles is 1. The van der Waals surface area contributed by atoms with Crippen LogP contribution in [0.1, 0.15) is 54.6 Å². The zero-order valence-electron chi connectivity index (χ0n) is 15.8. The molecule has 0 spiro atoms. The number of nitrogens with zero attached hydrogens (tertiary/aromatic N) is 2. The molecule has 0 amide bonds. The first-order valence-corrected chi connectivity index (χ1v) is 9.15. The zero-order chi connectivity index (χ0) is 21.3. The number of fused-ring (bicyclic) bond motifs is 1. The Kier molecular flexibility index (Phi) is 5.64. The fraction of sp³-hybridized carbons (Fsp3) is 0.400. The van der Waals surface area contributed by atoms with Crippen LogP contribution in [0, 0.1) is 23.0 Å². The van der Waals surface area contributed by atoms with Gasteiger partial charge in [0.1, 0.15) is 11.4 Å². The van der Waals surface area contributed by atoms with E-state index in [1.54, 1.807) is 13.0 Å². The average molecular weight is 404 g/mol. The van der Waals surface area contributed by atoms with Gasteiger partial charge in [0, 0.05) is 12.2 Å². The molecule has 0 radical (unpaired) electrons. The molecule has 0 bridgehead atoms. The van der Waals surface area contributed by atoms with Crippen molar-refractivity contribution in [3.8, 4) is 6.07 Å². The second kappa shape index (κ2) is 7.99. The summed E-state index contributed by atoms with van der Waals surface area (Å²) in [5, 5.41) is 8.95. The fourth-order valence-corrected chi connectivity index (χ4v) is 3.18. The molecule has 1 atom stereocenters. The van der Waals surface area contributed by atoms with Gasteiger partial charge in [0.15, 0.2) is 11.7 Å². The minimum atomic E-state index is -1.83. The van der Waals surface area contributed by atoms with Crippen molar-refractivity contribution < 1.29 is 27.8 Å². The van der Waals surface area contributed by atoms with Crippen molar-refractivity contribution in [3.63, 3.8) is 0 Å². The van der Waals surface area contributed by atoms with E-state index < -0.39 is 40.5 Å². The number of pyridine rings is 1. The number of hydrogen-bond acceptors (Lipinski definition) is 6. The number of halogens is 2. The van der Waals surface area contributed by atoms with E-state index in [1.807, 2.05) is 0 Å². The van der Waals surface area contributed by atoms with E-state index in [4.69, 9.17) is 9.47 Å². The molecule has 7 nitrogen and oxygen atoms in total. The number of carbonyl (C=O) groups excluding carboxylic acids is 2. The lowest BCUT2D eigenvalue weighted by Gasteiger charge is -2.17. The third-order valence-electron chi connectivity index (χ3n) is 4.62. The Morgan fingerprint density at radius 1 is 1.28 bits per heavy atom. The summed E-state index contributed by atoms with van der Waals surface area (Å²) in [6.45, 7) is 3.04. The lowest BCUT2D eigenvalue weighted by atomic mass is 9.96. The summed E-state index contributed by atoms with van der Waals surface area (Å²) in [7, 11) is 0. The molecule has 0 N–H and O–H groups in total. The number of aromatic nitrogens is 1. The number of benzene rings is 1. The zero-order valence-corrected chi connectivity index (χ0v) is 15.8. The van der Waals surface area contributed by atoms with E-state index in [9.17, 15) is 24.0 Å². The highest BCUT2D eigenvalue weighted by Crippen LogP contribution is 2.39. The Balaban J connectivity index is 2.32. The largest absolute Gasteiger partial charge is 0.465 e. The summed E-state index contributed by atoms with van der Waals surface area (Å²) in [6.07, 6.45) is 2.54. The minimum absolute atomic E-state index is 0.0325. The third kappa shape index (κ3) is 3.58. The van der Waals surface area contributed by atoms with Gasteiger partial charge in [0.05, 0.1) is 35.7 Å². The maximum atomic E-state index is 15.4. The Bertz CT molecular complexity index is 1100. The van der Waals surface area contributed by atoms with Crippen molar-refractivity contribution in [2.75, 3.05) is 13.2 Å². The monoisotopic (exact) mass is 404 g/mol. The molecule has 1 unspecified atom stereocenters. The number of ether oxygens (including phenoxy) is 2. The van der Waals surface area contributed by atoms with Crippen molar-refractivity contribution >= 4 is 22.8 Å². The van der Waals surface area contributed by atoms with Gasteiger partial charge in [-0.05, 0) is 32.8 Å². The Morgan fingerprint density at radius 3 is 2.48 bits per heavy atom. The highest BCUT2D eigenvalue weighted by atomic mass is 19.1. The highest BCUT2D eigenvalue weighted by Gasteiger charge is 2.34. The topological polar surface area (TPSA) is 98.4 Å². The van der Waals surface area contributed by atoms with Crippen LogP contribution in [0.25, 0.3) is 10.9 Å². The van der Waals surface area contributed by atoms with Crippen LogP contribution in [0.4, 0.5) is 8.78 Å². The second-order valence-electron chi connectivity index (χ2n) is 6.53. The smallest absolute Gasteiger partial charge is 0.343 e. The molecule has 152 valence electrons. The molecule has 1 aliphatic carbocycles. The van der Waals surface area contributed by atoms with E-state index in [2.05, 4.69) is 0 Å². The summed E-state index contributed by atoms with van der Waals surface area (Å²) in [4.78, 5) is 36.9. The number of rotatable bonds is 6. The third-order valence-corrected chi connectivity index (χ3v) is 4.62. The van der Waals surface area contributed by atoms with Gasteiger partial charge in [-0.2, -0.15) is 5.26 Å². The first kappa shape index (κ1) is 20.5. The van der Waals surface area contributed by atoms with Gasteiger partial charge < -0.3 is 14.0 Å². The molecule has 9 heteroatoms. The number of esters is 2. The Labute approximate surface area is 164 Å². The molecule has 1 aliphatic rings. The molecule has 0 saturated heterocycles. The summed E-state index contributed by atoms with van der Waals surface area (Å²) in [5.41, 5.74) is -2.26. The van der Waals surface area contributed by atoms with Crippen molar-refractivity contribution in [1.29, 1.82) is 5.26 Å². The predicted molar refractivity (Wildman–Crippen MR) is 97.3 cm³/mol. The van der Waals surface area contributed by atoms with Crippen LogP contribution in [0.2, 0.25) is 0 Å². The summed E-state index contributed by atoms with van der Waals surface area (Å²) < 4.78 is 41.1. The normalized spacial score (nSPS) is 14.3. The quantitative estimate of drug-likeness (QED) is 0.687. The van der Waals surface area contributed by atoms with Gasteiger partial charge in [-0.3, -0.25) is 9.59 Å². The van der Waals surface area contributed by atoms with Gasteiger partial charge in [0.25, 0.3) is 0 Å². The second-order valence-corrected chi connectivity index (χ2v) is 6.53. The first-order chi connectivity index (χ1) is 13.8. The number of hydrogen-bond donors (Lipinski definition) is 0.